The summed E-state index contributed by atoms with van der Waals surface area (Å²) in [7, 11) is -1.07. The van der Waals surface area contributed by atoms with Gasteiger partial charge in [-0.2, -0.15) is 5.10 Å². The molecule has 1 heterocycles. The Balaban J connectivity index is 2.10. The van der Waals surface area contributed by atoms with Gasteiger partial charge in [-0.15, -0.1) is 0 Å². The predicted molar refractivity (Wildman–Crippen MR) is 85.1 cm³/mol. The van der Waals surface area contributed by atoms with Crippen molar-refractivity contribution < 1.29 is 4.74 Å². The van der Waals surface area contributed by atoms with Gasteiger partial charge in [-0.3, -0.25) is 0 Å². The van der Waals surface area contributed by atoms with Crippen molar-refractivity contribution in [2.75, 3.05) is 6.61 Å². The van der Waals surface area contributed by atoms with E-state index in [1.165, 1.54) is 0 Å². The third-order valence-corrected chi connectivity index (χ3v) is 5.05. The predicted octanol–water partition coefficient (Wildman–Crippen LogP) is 4.55. The molecule has 106 valence electrons. The second-order valence-corrected chi connectivity index (χ2v) is 12.0. The van der Waals surface area contributed by atoms with E-state index in [2.05, 4.69) is 29.6 Å². The highest BCUT2D eigenvalue weighted by molar-refractivity contribution is 6.76. The van der Waals surface area contributed by atoms with Crippen LogP contribution in [0.15, 0.2) is 18.3 Å². The van der Waals surface area contributed by atoms with Crippen LogP contribution in [0.4, 0.5) is 5.69 Å². The van der Waals surface area contributed by atoms with Crippen molar-refractivity contribution in [2.45, 2.75) is 32.4 Å². The van der Waals surface area contributed by atoms with Gasteiger partial charge in [0.2, 0.25) is 5.69 Å². The maximum absolute atomic E-state index is 7.10. The topological polar surface area (TPSA) is 31.4 Å². The molecule has 0 amide bonds. The van der Waals surface area contributed by atoms with Crippen LogP contribution >= 0.6 is 11.6 Å². The summed E-state index contributed by atoms with van der Waals surface area (Å²) in [5.41, 5.74) is 1.33. The lowest BCUT2D eigenvalue weighted by molar-refractivity contribution is 0.0817. The lowest BCUT2D eigenvalue weighted by atomic mass is 10.2. The molecule has 0 atom stereocenters. The zero-order valence-corrected chi connectivity index (χ0v) is 13.7. The van der Waals surface area contributed by atoms with Crippen molar-refractivity contribution in [1.29, 1.82) is 0 Å². The number of fused-ring (bicyclic) bond motifs is 1. The zero-order chi connectivity index (χ0) is 14.8. The summed E-state index contributed by atoms with van der Waals surface area (Å²) in [5, 5.41) is 5.68. The van der Waals surface area contributed by atoms with E-state index in [1.807, 2.05) is 0 Å². The molecular weight excluding hydrogens is 290 g/mol. The van der Waals surface area contributed by atoms with Crippen molar-refractivity contribution in [3.05, 3.63) is 34.8 Å². The summed E-state index contributed by atoms with van der Waals surface area (Å²) in [6.07, 6.45) is 1.75. The summed E-state index contributed by atoms with van der Waals surface area (Å²) in [6.45, 7) is 15.2. The first-order chi connectivity index (χ1) is 9.40. The first-order valence-electron chi connectivity index (χ1n) is 6.51. The van der Waals surface area contributed by atoms with E-state index in [0.717, 1.165) is 23.6 Å². The quantitative estimate of drug-likeness (QED) is 0.461. The summed E-state index contributed by atoms with van der Waals surface area (Å²) in [4.78, 5) is 3.41. The van der Waals surface area contributed by atoms with Gasteiger partial charge in [0.25, 0.3) is 0 Å². The summed E-state index contributed by atoms with van der Waals surface area (Å²) in [6, 6.07) is 4.67. The van der Waals surface area contributed by atoms with Crippen molar-refractivity contribution in [1.82, 2.24) is 9.78 Å². The van der Waals surface area contributed by atoms with Crippen LogP contribution in [0, 0.1) is 6.57 Å². The summed E-state index contributed by atoms with van der Waals surface area (Å²) in [5.74, 6) is 0. The van der Waals surface area contributed by atoms with Gasteiger partial charge >= 0.3 is 0 Å². The van der Waals surface area contributed by atoms with Gasteiger partial charge < -0.3 is 4.74 Å². The third kappa shape index (κ3) is 3.60. The molecule has 0 N–H and O–H groups in total. The zero-order valence-electron chi connectivity index (χ0n) is 12.0. The molecule has 0 aliphatic rings. The molecule has 2 aromatic rings. The molecule has 0 bridgehead atoms. The van der Waals surface area contributed by atoms with E-state index in [0.29, 0.717) is 17.4 Å². The Morgan fingerprint density at radius 1 is 1.40 bits per heavy atom. The number of benzene rings is 1. The fourth-order valence-electron chi connectivity index (χ4n) is 1.81. The van der Waals surface area contributed by atoms with Crippen LogP contribution in [0.2, 0.25) is 30.7 Å². The molecule has 0 radical (unpaired) electrons. The Morgan fingerprint density at radius 2 is 2.15 bits per heavy atom. The molecule has 1 aromatic heterocycles. The number of halogens is 1. The molecule has 0 aliphatic heterocycles. The smallest absolute Gasteiger partial charge is 0.207 e. The first kappa shape index (κ1) is 15.0. The van der Waals surface area contributed by atoms with Crippen LogP contribution in [0.5, 0.6) is 0 Å². The largest absolute Gasteiger partial charge is 0.360 e. The van der Waals surface area contributed by atoms with Gasteiger partial charge in [-0.05, 0) is 18.2 Å². The average Bonchev–Trinajstić information content (AvgIpc) is 2.74. The minimum atomic E-state index is -1.07. The van der Waals surface area contributed by atoms with Gasteiger partial charge in [-0.1, -0.05) is 31.2 Å². The highest BCUT2D eigenvalue weighted by Crippen LogP contribution is 2.30. The molecule has 0 aliphatic carbocycles. The molecule has 0 saturated carbocycles. The lowest BCUT2D eigenvalue weighted by Gasteiger charge is -2.15. The molecule has 4 nitrogen and oxygen atoms in total. The van der Waals surface area contributed by atoms with E-state index in [9.17, 15) is 0 Å². The SMILES string of the molecule is [C-]#[N+]c1cc2c(cnn2COCC[Si](C)(C)C)cc1Cl. The van der Waals surface area contributed by atoms with Gasteiger partial charge in [0.05, 0.1) is 18.3 Å². The van der Waals surface area contributed by atoms with Crippen molar-refractivity contribution >= 4 is 36.3 Å². The van der Waals surface area contributed by atoms with E-state index in [-0.39, 0.29) is 0 Å². The van der Waals surface area contributed by atoms with Gasteiger partial charge in [0.1, 0.15) is 6.73 Å². The lowest BCUT2D eigenvalue weighted by Crippen LogP contribution is -2.22. The van der Waals surface area contributed by atoms with Crippen LogP contribution in [0.1, 0.15) is 0 Å². The number of nitrogens with zero attached hydrogens (tertiary/aromatic N) is 3. The highest BCUT2D eigenvalue weighted by atomic mass is 35.5. The molecule has 0 saturated heterocycles. The molecule has 6 heteroatoms. The molecule has 0 unspecified atom stereocenters. The fourth-order valence-corrected chi connectivity index (χ4v) is 2.78. The Bertz CT molecular complexity index is 655. The average molecular weight is 308 g/mol. The normalized spacial score (nSPS) is 11.8. The third-order valence-electron chi connectivity index (χ3n) is 3.04. The first-order valence-corrected chi connectivity index (χ1v) is 10.6. The van der Waals surface area contributed by atoms with Crippen LogP contribution < -0.4 is 0 Å². The number of ether oxygens (including phenoxy) is 1. The van der Waals surface area contributed by atoms with Crippen LogP contribution in [-0.2, 0) is 11.5 Å². The molecule has 0 spiro atoms. The molecular formula is C14H18ClN3OSi. The summed E-state index contributed by atoms with van der Waals surface area (Å²) >= 11 is 6.01. The second kappa shape index (κ2) is 5.96. The maximum Gasteiger partial charge on any atom is 0.207 e. The highest BCUT2D eigenvalue weighted by Gasteiger charge is 2.12. The van der Waals surface area contributed by atoms with Crippen LogP contribution in [-0.4, -0.2) is 24.5 Å². The number of hydrogen-bond acceptors (Lipinski definition) is 2. The van der Waals surface area contributed by atoms with Gasteiger partial charge in [0.15, 0.2) is 0 Å². The fraction of sp³-hybridized carbons (Fsp3) is 0.429. The number of rotatable bonds is 5. The van der Waals surface area contributed by atoms with Crippen molar-refractivity contribution in [2.24, 2.45) is 0 Å². The Hall–Kier alpha value is -1.35. The van der Waals surface area contributed by atoms with Crippen LogP contribution in [0.3, 0.4) is 0 Å². The minimum absolute atomic E-state index is 0.410. The Kier molecular flexibility index (Phi) is 4.48. The van der Waals surface area contributed by atoms with Gasteiger partial charge in [0, 0.05) is 25.1 Å². The van der Waals surface area contributed by atoms with E-state index in [4.69, 9.17) is 22.9 Å². The molecule has 1 aromatic carbocycles. The van der Waals surface area contributed by atoms with Gasteiger partial charge in [-0.25, -0.2) is 9.53 Å². The van der Waals surface area contributed by atoms with Crippen LogP contribution in [0.25, 0.3) is 15.7 Å². The molecule has 20 heavy (non-hydrogen) atoms. The second-order valence-electron chi connectivity index (χ2n) is 5.97. The monoisotopic (exact) mass is 307 g/mol. The molecule has 2 rings (SSSR count). The Labute approximate surface area is 125 Å². The van der Waals surface area contributed by atoms with Crippen molar-refractivity contribution in [3.8, 4) is 0 Å². The Morgan fingerprint density at radius 3 is 2.80 bits per heavy atom. The number of aromatic nitrogens is 2. The summed E-state index contributed by atoms with van der Waals surface area (Å²) < 4.78 is 7.46. The van der Waals surface area contributed by atoms with E-state index >= 15 is 0 Å². The van der Waals surface area contributed by atoms with E-state index < -0.39 is 8.07 Å². The van der Waals surface area contributed by atoms with Crippen molar-refractivity contribution in [3.63, 3.8) is 0 Å². The standard InChI is InChI=1S/C14H18ClN3OSi/c1-16-13-8-14-11(7-12(13)15)9-17-18(14)10-19-5-6-20(2,3)4/h7-9H,5-6,10H2,2-4H3. The number of hydrogen-bond donors (Lipinski definition) is 0. The van der Waals surface area contributed by atoms with E-state index in [1.54, 1.807) is 23.0 Å². The minimum Gasteiger partial charge on any atom is -0.360 e. The maximum atomic E-state index is 7.10. The molecule has 0 fully saturated rings.